The highest BCUT2D eigenvalue weighted by atomic mass is 14.9. The van der Waals surface area contributed by atoms with Gasteiger partial charge in [-0.2, -0.15) is 0 Å². The lowest BCUT2D eigenvalue weighted by Crippen LogP contribution is -2.28. The Morgan fingerprint density at radius 3 is 1.31 bits per heavy atom. The van der Waals surface area contributed by atoms with Crippen LogP contribution in [0.25, 0.3) is 89.2 Å². The lowest BCUT2D eigenvalue weighted by Gasteiger charge is -2.34. The van der Waals surface area contributed by atoms with Crippen molar-refractivity contribution in [1.29, 1.82) is 0 Å². The number of nitrogens with zero attached hydrogens (tertiary/aromatic N) is 2. The lowest BCUT2D eigenvalue weighted by molar-refractivity contribution is 0.769. The molecule has 10 aromatic carbocycles. The Morgan fingerprint density at radius 1 is 0.246 bits per heavy atom. The van der Waals surface area contributed by atoms with Gasteiger partial charge in [0.1, 0.15) is 0 Å². The average molecular weight is 827 g/mol. The highest BCUT2D eigenvalue weighted by Crippen LogP contribution is 2.57. The quantitative estimate of drug-likeness (QED) is 0.152. The number of rotatable bonds is 8. The van der Waals surface area contributed by atoms with Crippen molar-refractivity contribution in [2.45, 2.75) is 5.41 Å². The molecule has 0 radical (unpaired) electrons. The molecule has 1 aliphatic carbocycles. The molecule has 12 rings (SSSR count). The molecule has 2 nitrogen and oxygen atoms in total. The van der Waals surface area contributed by atoms with Crippen LogP contribution in [-0.2, 0) is 5.41 Å². The van der Waals surface area contributed by atoms with Crippen molar-refractivity contribution in [2.24, 2.45) is 0 Å². The summed E-state index contributed by atoms with van der Waals surface area (Å²) in [5.74, 6) is 0.689. The van der Waals surface area contributed by atoms with Crippen molar-refractivity contribution in [3.63, 3.8) is 0 Å². The summed E-state index contributed by atoms with van der Waals surface area (Å²) in [5.41, 5.74) is 18.9. The van der Waals surface area contributed by atoms with Gasteiger partial charge in [0.25, 0.3) is 0 Å². The minimum atomic E-state index is -0.483. The normalized spacial score (nSPS) is 12.4. The van der Waals surface area contributed by atoms with Crippen LogP contribution in [0.1, 0.15) is 22.3 Å². The van der Waals surface area contributed by atoms with Crippen molar-refractivity contribution < 1.29 is 0 Å². The number of hydrogen-bond acceptors (Lipinski definition) is 2. The molecule has 0 bridgehead atoms. The molecular weight excluding hydrogens is 785 g/mol. The number of hydrogen-bond donors (Lipinski definition) is 0. The van der Waals surface area contributed by atoms with E-state index in [-0.39, 0.29) is 0 Å². The van der Waals surface area contributed by atoms with Crippen LogP contribution in [0.3, 0.4) is 0 Å². The zero-order valence-corrected chi connectivity index (χ0v) is 35.6. The first-order valence-electron chi connectivity index (χ1n) is 22.3. The smallest absolute Gasteiger partial charge is 0.160 e. The van der Waals surface area contributed by atoms with Crippen molar-refractivity contribution in [2.75, 3.05) is 0 Å². The summed E-state index contributed by atoms with van der Waals surface area (Å²) in [6.45, 7) is 0. The van der Waals surface area contributed by atoms with Gasteiger partial charge in [-0.15, -0.1) is 0 Å². The fraction of sp³-hybridized carbons (Fsp3) is 0.0159. The van der Waals surface area contributed by atoms with E-state index in [9.17, 15) is 0 Å². The molecule has 0 fully saturated rings. The molecule has 11 aromatic rings. The predicted octanol–water partition coefficient (Wildman–Crippen LogP) is 16.0. The molecule has 1 aliphatic rings. The fourth-order valence-corrected chi connectivity index (χ4v) is 10.2. The van der Waals surface area contributed by atoms with Gasteiger partial charge in [0.05, 0.1) is 16.8 Å². The van der Waals surface area contributed by atoms with Gasteiger partial charge in [0.2, 0.25) is 0 Å². The van der Waals surface area contributed by atoms with E-state index in [1.807, 2.05) is 6.07 Å². The number of benzene rings is 10. The van der Waals surface area contributed by atoms with Gasteiger partial charge in [-0.05, 0) is 108 Å². The van der Waals surface area contributed by atoms with Gasteiger partial charge in [-0.3, -0.25) is 0 Å². The second-order valence-electron chi connectivity index (χ2n) is 16.9. The zero-order chi connectivity index (χ0) is 43.2. The second kappa shape index (κ2) is 16.0. The maximum atomic E-state index is 5.36. The Labute approximate surface area is 379 Å². The SMILES string of the molecule is c1ccc(-c2cc(-c3ccccc3)cc(-c3cc(-c4ccc(-c5ccc6c(c5)C(c5ccccc5)(c5ccccc5)c5ccccc5-6)c5ccccc45)nc(-c4ccccc4)n3)c2)cc1. The highest BCUT2D eigenvalue weighted by molar-refractivity contribution is 6.05. The molecule has 0 unspecified atom stereocenters. The number of fused-ring (bicyclic) bond motifs is 4. The van der Waals surface area contributed by atoms with E-state index in [4.69, 9.17) is 9.97 Å². The fourth-order valence-electron chi connectivity index (χ4n) is 10.2. The molecule has 0 atom stereocenters. The topological polar surface area (TPSA) is 25.8 Å². The Morgan fingerprint density at radius 2 is 0.692 bits per heavy atom. The monoisotopic (exact) mass is 826 g/mol. The summed E-state index contributed by atoms with van der Waals surface area (Å²) in [5, 5.41) is 2.31. The number of aromatic nitrogens is 2. The Balaban J connectivity index is 1.05. The highest BCUT2D eigenvalue weighted by Gasteiger charge is 2.46. The van der Waals surface area contributed by atoms with Crippen LogP contribution in [-0.4, -0.2) is 9.97 Å². The van der Waals surface area contributed by atoms with Crippen LogP contribution in [0.15, 0.2) is 255 Å². The van der Waals surface area contributed by atoms with Crippen LogP contribution < -0.4 is 0 Å². The van der Waals surface area contributed by atoms with E-state index >= 15 is 0 Å². The Kier molecular flexibility index (Phi) is 9.43. The molecule has 0 aliphatic heterocycles. The molecule has 0 spiro atoms. The van der Waals surface area contributed by atoms with Crippen LogP contribution in [0.2, 0.25) is 0 Å². The first kappa shape index (κ1) is 38.2. The molecule has 0 saturated carbocycles. The Bertz CT molecular complexity index is 3410. The second-order valence-corrected chi connectivity index (χ2v) is 16.9. The first-order valence-corrected chi connectivity index (χ1v) is 22.3. The molecule has 0 saturated heterocycles. The molecule has 304 valence electrons. The van der Waals surface area contributed by atoms with Crippen molar-refractivity contribution >= 4 is 10.8 Å². The van der Waals surface area contributed by atoms with Crippen LogP contribution in [0.4, 0.5) is 0 Å². The summed E-state index contributed by atoms with van der Waals surface area (Å²) in [6, 6.07) is 92.0. The maximum absolute atomic E-state index is 5.36. The average Bonchev–Trinajstić information content (AvgIpc) is 3.69. The van der Waals surface area contributed by atoms with Crippen LogP contribution >= 0.6 is 0 Å². The van der Waals surface area contributed by atoms with E-state index in [1.165, 1.54) is 49.9 Å². The predicted molar refractivity (Wildman–Crippen MR) is 269 cm³/mol. The summed E-state index contributed by atoms with van der Waals surface area (Å²) in [7, 11) is 0. The summed E-state index contributed by atoms with van der Waals surface area (Å²) >= 11 is 0. The van der Waals surface area contributed by atoms with Gasteiger partial charge in [0.15, 0.2) is 5.82 Å². The van der Waals surface area contributed by atoms with E-state index in [1.54, 1.807) is 0 Å². The largest absolute Gasteiger partial charge is 0.228 e. The summed E-state index contributed by atoms with van der Waals surface area (Å²) in [6.07, 6.45) is 0. The summed E-state index contributed by atoms with van der Waals surface area (Å²) in [4.78, 5) is 10.7. The first-order chi connectivity index (χ1) is 32.2. The van der Waals surface area contributed by atoms with E-state index < -0.39 is 5.41 Å². The van der Waals surface area contributed by atoms with Gasteiger partial charge >= 0.3 is 0 Å². The summed E-state index contributed by atoms with van der Waals surface area (Å²) < 4.78 is 0. The maximum Gasteiger partial charge on any atom is 0.160 e. The molecular formula is C63H42N2. The van der Waals surface area contributed by atoms with Crippen molar-refractivity contribution in [3.8, 4) is 78.4 Å². The third kappa shape index (κ3) is 6.58. The van der Waals surface area contributed by atoms with Gasteiger partial charge < -0.3 is 0 Å². The third-order valence-electron chi connectivity index (χ3n) is 13.2. The van der Waals surface area contributed by atoms with E-state index in [0.717, 1.165) is 55.7 Å². The van der Waals surface area contributed by atoms with Crippen LogP contribution in [0, 0.1) is 0 Å². The van der Waals surface area contributed by atoms with Gasteiger partial charge in [-0.25, -0.2) is 9.97 Å². The van der Waals surface area contributed by atoms with Crippen molar-refractivity contribution in [1.82, 2.24) is 9.97 Å². The molecule has 1 heterocycles. The minimum absolute atomic E-state index is 0.483. The van der Waals surface area contributed by atoms with Gasteiger partial charge in [0, 0.05) is 16.7 Å². The minimum Gasteiger partial charge on any atom is -0.228 e. The van der Waals surface area contributed by atoms with E-state index in [0.29, 0.717) is 5.82 Å². The molecule has 65 heavy (non-hydrogen) atoms. The van der Waals surface area contributed by atoms with Crippen LogP contribution in [0.5, 0.6) is 0 Å². The Hall–Kier alpha value is -8.46. The molecule has 0 N–H and O–H groups in total. The molecule has 2 heteroatoms. The molecule has 1 aromatic heterocycles. The third-order valence-corrected chi connectivity index (χ3v) is 13.2. The van der Waals surface area contributed by atoms with E-state index in [2.05, 4.69) is 249 Å². The van der Waals surface area contributed by atoms with Crippen molar-refractivity contribution in [3.05, 3.63) is 277 Å². The molecule has 0 amide bonds. The van der Waals surface area contributed by atoms with Gasteiger partial charge in [-0.1, -0.05) is 224 Å². The standard InChI is InChI=1S/C63H42N2/c1-6-20-43(21-7-1)47-38-48(44-22-8-2-9-23-44)40-49(39-47)60-42-61(65-62(64-60)45-24-10-3-11-25-45)57-37-36-52(53-30-16-17-31-54(53)57)46-34-35-56-55-32-18-19-33-58(55)63(59(56)41-46,50-26-12-4-13-27-50)51-28-14-5-15-29-51/h1-42H. The zero-order valence-electron chi connectivity index (χ0n) is 35.6. The lowest BCUT2D eigenvalue weighted by atomic mass is 9.67.